The lowest BCUT2D eigenvalue weighted by atomic mass is 10.3. The molecule has 2 heterocycles. The van der Waals surface area contributed by atoms with Crippen molar-refractivity contribution in [3.8, 4) is 0 Å². The largest absolute Gasteiger partial charge is 0.444 e. The van der Waals surface area contributed by atoms with Gasteiger partial charge in [0.1, 0.15) is 9.97 Å². The molecule has 0 saturated carbocycles. The van der Waals surface area contributed by atoms with Crippen LogP contribution in [0, 0.1) is 13.8 Å². The van der Waals surface area contributed by atoms with Crippen molar-refractivity contribution in [2.24, 2.45) is 5.73 Å². The highest BCUT2D eigenvalue weighted by Crippen LogP contribution is 2.22. The molecule has 0 atom stereocenters. The highest BCUT2D eigenvalue weighted by Gasteiger charge is 2.18. The molecule has 0 fully saturated rings. The zero-order valence-corrected chi connectivity index (χ0v) is 13.0. The van der Waals surface area contributed by atoms with Gasteiger partial charge in [0.2, 0.25) is 5.89 Å². The van der Waals surface area contributed by atoms with Gasteiger partial charge in [-0.25, -0.2) is 18.1 Å². The van der Waals surface area contributed by atoms with Crippen molar-refractivity contribution in [3.05, 3.63) is 34.4 Å². The summed E-state index contributed by atoms with van der Waals surface area (Å²) in [4.78, 5) is 5.09. The van der Waals surface area contributed by atoms with Gasteiger partial charge in [-0.15, -0.1) is 11.3 Å². The van der Waals surface area contributed by atoms with Crippen molar-refractivity contribution in [3.63, 3.8) is 0 Å². The van der Waals surface area contributed by atoms with E-state index in [-0.39, 0.29) is 10.8 Å². The number of thiophene rings is 1. The third-order valence-electron chi connectivity index (χ3n) is 2.78. The first-order chi connectivity index (χ1) is 9.42. The average Bonchev–Trinajstić information content (AvgIpc) is 2.96. The van der Waals surface area contributed by atoms with Gasteiger partial charge in [0.05, 0.1) is 12.2 Å². The van der Waals surface area contributed by atoms with Crippen LogP contribution >= 0.6 is 11.3 Å². The summed E-state index contributed by atoms with van der Waals surface area (Å²) in [5.74, 6) is 1.06. The monoisotopic (exact) mass is 315 g/mol. The van der Waals surface area contributed by atoms with E-state index in [0.717, 1.165) is 10.6 Å². The molecule has 0 unspecified atom stereocenters. The van der Waals surface area contributed by atoms with E-state index >= 15 is 0 Å². The molecule has 0 aliphatic heterocycles. The number of nitrogens with two attached hydrogens (primary N) is 1. The molecule has 0 radical (unpaired) electrons. The number of sulfonamides is 1. The van der Waals surface area contributed by atoms with Crippen molar-refractivity contribution < 1.29 is 12.8 Å². The van der Waals surface area contributed by atoms with Gasteiger partial charge in [-0.05, 0) is 38.9 Å². The quantitative estimate of drug-likeness (QED) is 0.838. The van der Waals surface area contributed by atoms with E-state index in [9.17, 15) is 8.42 Å². The lowest BCUT2D eigenvalue weighted by Crippen LogP contribution is -2.22. The summed E-state index contributed by atoms with van der Waals surface area (Å²) in [6.45, 7) is 4.15. The molecule has 0 saturated heterocycles. The Morgan fingerprint density at radius 2 is 2.15 bits per heavy atom. The fraction of sp³-hybridized carbons (Fsp3) is 0.417. The molecule has 0 aliphatic carbocycles. The molecule has 20 heavy (non-hydrogen) atoms. The molecular weight excluding hydrogens is 298 g/mol. The highest BCUT2D eigenvalue weighted by atomic mass is 32.2. The summed E-state index contributed by atoms with van der Waals surface area (Å²) in [6, 6.07) is 3.37. The summed E-state index contributed by atoms with van der Waals surface area (Å²) >= 11 is 1.23. The van der Waals surface area contributed by atoms with E-state index in [4.69, 9.17) is 10.2 Å². The van der Waals surface area contributed by atoms with E-state index in [1.165, 1.54) is 11.3 Å². The molecule has 2 aromatic heterocycles. The zero-order valence-electron chi connectivity index (χ0n) is 11.3. The molecule has 0 bridgehead atoms. The van der Waals surface area contributed by atoms with Crippen LogP contribution in [0.1, 0.15) is 22.2 Å². The second-order valence-corrected chi connectivity index (χ2v) is 7.50. The van der Waals surface area contributed by atoms with Crippen LogP contribution in [0.4, 0.5) is 0 Å². The van der Waals surface area contributed by atoms with Gasteiger partial charge in [-0.1, -0.05) is 0 Å². The van der Waals surface area contributed by atoms with Crippen molar-refractivity contribution in [2.45, 2.75) is 31.0 Å². The van der Waals surface area contributed by atoms with Crippen molar-refractivity contribution in [1.29, 1.82) is 0 Å². The predicted octanol–water partition coefficient (Wildman–Crippen LogP) is 1.33. The third-order valence-corrected chi connectivity index (χ3v) is 5.82. The minimum absolute atomic E-state index is 0.0428. The summed E-state index contributed by atoms with van der Waals surface area (Å²) in [5.41, 5.74) is 6.22. The number of oxazole rings is 1. The minimum Gasteiger partial charge on any atom is -0.444 e. The maximum atomic E-state index is 12.1. The second kappa shape index (κ2) is 6.04. The van der Waals surface area contributed by atoms with Crippen LogP contribution in [0.2, 0.25) is 0 Å². The summed E-state index contributed by atoms with van der Waals surface area (Å²) in [5, 5.41) is 0. The maximum Gasteiger partial charge on any atom is 0.250 e. The normalized spacial score (nSPS) is 11.9. The molecule has 6 nitrogen and oxygen atoms in total. The van der Waals surface area contributed by atoms with E-state index in [1.807, 2.05) is 6.92 Å². The Hall–Kier alpha value is -1.22. The number of hydrogen-bond acceptors (Lipinski definition) is 6. The van der Waals surface area contributed by atoms with E-state index in [2.05, 4.69) is 9.71 Å². The predicted molar refractivity (Wildman–Crippen MR) is 77.1 cm³/mol. The zero-order chi connectivity index (χ0) is 14.8. The van der Waals surface area contributed by atoms with Crippen LogP contribution in [-0.2, 0) is 23.0 Å². The van der Waals surface area contributed by atoms with E-state index in [0.29, 0.717) is 24.6 Å². The Kier molecular flexibility index (Phi) is 4.59. The third kappa shape index (κ3) is 3.45. The lowest BCUT2D eigenvalue weighted by molar-refractivity contribution is 0.463. The summed E-state index contributed by atoms with van der Waals surface area (Å²) in [6.07, 6.45) is 0.679. The van der Waals surface area contributed by atoms with Crippen molar-refractivity contribution >= 4 is 21.4 Å². The van der Waals surface area contributed by atoms with Gasteiger partial charge in [-0.2, -0.15) is 0 Å². The van der Waals surface area contributed by atoms with Crippen molar-refractivity contribution in [2.75, 3.05) is 6.54 Å². The molecule has 110 valence electrons. The Bertz CT molecular complexity index is 669. The van der Waals surface area contributed by atoms with Crippen LogP contribution in [-0.4, -0.2) is 19.9 Å². The molecule has 0 amide bonds. The van der Waals surface area contributed by atoms with Crippen LogP contribution in [0.3, 0.4) is 0 Å². The molecule has 3 N–H and O–H groups in total. The Balaban J connectivity index is 2.06. The van der Waals surface area contributed by atoms with Crippen LogP contribution in [0.5, 0.6) is 0 Å². The number of hydrogen-bond donors (Lipinski definition) is 2. The Morgan fingerprint density at radius 1 is 1.40 bits per heavy atom. The fourth-order valence-corrected chi connectivity index (χ4v) is 4.01. The van der Waals surface area contributed by atoms with Crippen LogP contribution in [0.25, 0.3) is 0 Å². The number of nitrogens with one attached hydrogen (secondary N) is 1. The van der Waals surface area contributed by atoms with Gasteiger partial charge in [0, 0.05) is 4.88 Å². The summed E-state index contributed by atoms with van der Waals surface area (Å²) < 4.78 is 32.3. The van der Waals surface area contributed by atoms with Crippen LogP contribution < -0.4 is 10.5 Å². The second-order valence-electron chi connectivity index (χ2n) is 4.33. The van der Waals surface area contributed by atoms with Crippen LogP contribution in [0.15, 0.2) is 20.8 Å². The number of aryl methyl sites for hydroxylation is 2. The Labute approximate surface area is 122 Å². The SMILES string of the molecule is Cc1nc(CNS(=O)(=O)c2ccc(CCN)s2)oc1C. The molecule has 0 aromatic carbocycles. The van der Waals surface area contributed by atoms with Crippen molar-refractivity contribution in [1.82, 2.24) is 9.71 Å². The maximum absolute atomic E-state index is 12.1. The number of aromatic nitrogens is 1. The molecule has 0 aliphatic rings. The first-order valence-electron chi connectivity index (χ1n) is 6.13. The van der Waals surface area contributed by atoms with Gasteiger partial charge in [0.25, 0.3) is 10.0 Å². The lowest BCUT2D eigenvalue weighted by Gasteiger charge is -2.01. The molecule has 8 heteroatoms. The number of nitrogens with zero attached hydrogens (tertiary/aromatic N) is 1. The minimum atomic E-state index is -3.53. The molecule has 2 aromatic rings. The Morgan fingerprint density at radius 3 is 2.75 bits per heavy atom. The smallest absolute Gasteiger partial charge is 0.250 e. The standard InChI is InChI=1S/C12H17N3O3S2/c1-8-9(2)18-11(15-8)7-14-20(16,17)12-4-3-10(19-12)5-6-13/h3-4,14H,5-7,13H2,1-2H3. The van der Waals surface area contributed by atoms with Gasteiger partial charge >= 0.3 is 0 Å². The first kappa shape index (κ1) is 15.2. The average molecular weight is 315 g/mol. The summed E-state index contributed by atoms with van der Waals surface area (Å²) in [7, 11) is -3.53. The van der Waals surface area contributed by atoms with E-state index < -0.39 is 10.0 Å². The topological polar surface area (TPSA) is 98.2 Å². The number of rotatable bonds is 6. The first-order valence-corrected chi connectivity index (χ1v) is 8.43. The van der Waals surface area contributed by atoms with Gasteiger partial charge < -0.3 is 10.2 Å². The fourth-order valence-electron chi connectivity index (χ4n) is 1.62. The van der Waals surface area contributed by atoms with E-state index in [1.54, 1.807) is 19.1 Å². The molecular formula is C12H17N3O3S2. The highest BCUT2D eigenvalue weighted by molar-refractivity contribution is 7.91. The van der Waals surface area contributed by atoms with Gasteiger partial charge in [0.15, 0.2) is 0 Å². The van der Waals surface area contributed by atoms with Gasteiger partial charge in [-0.3, -0.25) is 0 Å². The molecule has 0 spiro atoms. The molecule has 2 rings (SSSR count).